The van der Waals surface area contributed by atoms with Gasteiger partial charge in [-0.2, -0.15) is 0 Å². The summed E-state index contributed by atoms with van der Waals surface area (Å²) in [4.78, 5) is 0. The van der Waals surface area contributed by atoms with Crippen LogP contribution in [0.15, 0.2) is 76.9 Å². The molecule has 1 aromatic carbocycles. The van der Waals surface area contributed by atoms with Crippen LogP contribution >= 0.6 is 7.92 Å². The molecular formula is C22H29P. The van der Waals surface area contributed by atoms with E-state index in [1.54, 1.807) is 5.31 Å². The second-order valence-corrected chi connectivity index (χ2v) is 8.38. The highest BCUT2D eigenvalue weighted by Gasteiger charge is 2.19. The summed E-state index contributed by atoms with van der Waals surface area (Å²) in [6.07, 6.45) is 17.8. The Bertz CT molecular complexity index is 602. The van der Waals surface area contributed by atoms with E-state index in [1.165, 1.54) is 41.9 Å². The largest absolute Gasteiger partial charge is 0.0839 e. The van der Waals surface area contributed by atoms with Gasteiger partial charge < -0.3 is 0 Å². The molecule has 1 unspecified atom stereocenters. The van der Waals surface area contributed by atoms with Gasteiger partial charge in [0.25, 0.3) is 0 Å². The zero-order valence-electron chi connectivity index (χ0n) is 14.8. The van der Waals surface area contributed by atoms with Gasteiger partial charge in [0.15, 0.2) is 0 Å². The molecule has 1 aliphatic carbocycles. The van der Waals surface area contributed by atoms with Crippen molar-refractivity contribution in [3.63, 3.8) is 0 Å². The van der Waals surface area contributed by atoms with Crippen molar-refractivity contribution in [3.8, 4) is 0 Å². The molecule has 1 heteroatoms. The Labute approximate surface area is 143 Å². The number of unbranched alkanes of at least 4 members (excludes halogenated alkanes) is 1. The average molecular weight is 324 g/mol. The molecule has 122 valence electrons. The molecule has 1 aromatic rings. The minimum absolute atomic E-state index is 0.399. The van der Waals surface area contributed by atoms with Crippen molar-refractivity contribution in [3.05, 3.63) is 76.9 Å². The van der Waals surface area contributed by atoms with Gasteiger partial charge in [-0.05, 0) is 63.4 Å². The van der Waals surface area contributed by atoms with E-state index in [0.29, 0.717) is 0 Å². The second kappa shape index (κ2) is 9.68. The fourth-order valence-electron chi connectivity index (χ4n) is 2.87. The van der Waals surface area contributed by atoms with Crippen LogP contribution < -0.4 is 5.30 Å². The molecule has 0 saturated carbocycles. The van der Waals surface area contributed by atoms with Crippen LogP contribution in [0.2, 0.25) is 0 Å². The van der Waals surface area contributed by atoms with Gasteiger partial charge >= 0.3 is 0 Å². The van der Waals surface area contributed by atoms with Gasteiger partial charge in [-0.1, -0.05) is 79.6 Å². The summed E-state index contributed by atoms with van der Waals surface area (Å²) >= 11 is 0. The van der Waals surface area contributed by atoms with E-state index in [4.69, 9.17) is 0 Å². The van der Waals surface area contributed by atoms with Gasteiger partial charge in [0, 0.05) is 0 Å². The van der Waals surface area contributed by atoms with Gasteiger partial charge in [-0.15, -0.1) is 0 Å². The number of benzene rings is 1. The van der Waals surface area contributed by atoms with Crippen LogP contribution in [0.4, 0.5) is 0 Å². The maximum Gasteiger partial charge on any atom is -0.0154 e. The average Bonchev–Trinajstić information content (AvgIpc) is 2.80. The number of allylic oxidation sites excluding steroid dienone is 8. The molecule has 0 fully saturated rings. The van der Waals surface area contributed by atoms with E-state index >= 15 is 0 Å². The van der Waals surface area contributed by atoms with Crippen molar-refractivity contribution >= 4 is 13.2 Å². The lowest BCUT2D eigenvalue weighted by Crippen LogP contribution is -2.03. The Balaban J connectivity index is 2.40. The first-order valence-corrected chi connectivity index (χ1v) is 10.1. The van der Waals surface area contributed by atoms with E-state index in [0.717, 1.165) is 6.42 Å². The third-order valence-electron chi connectivity index (χ3n) is 4.16. The molecule has 0 nitrogen and oxygen atoms in total. The van der Waals surface area contributed by atoms with Gasteiger partial charge in [0.1, 0.15) is 0 Å². The van der Waals surface area contributed by atoms with Gasteiger partial charge in [-0.25, -0.2) is 0 Å². The molecular weight excluding hydrogens is 295 g/mol. The lowest BCUT2D eigenvalue weighted by Gasteiger charge is -2.22. The van der Waals surface area contributed by atoms with Crippen LogP contribution in [0.1, 0.15) is 52.9 Å². The molecule has 0 spiro atoms. The molecule has 23 heavy (non-hydrogen) atoms. The van der Waals surface area contributed by atoms with E-state index in [-0.39, 0.29) is 0 Å². The normalized spacial score (nSPS) is 17.6. The highest BCUT2D eigenvalue weighted by molar-refractivity contribution is 7.73. The van der Waals surface area contributed by atoms with Gasteiger partial charge in [-0.3, -0.25) is 0 Å². The third kappa shape index (κ3) is 5.33. The molecule has 0 radical (unpaired) electrons. The number of rotatable bonds is 6. The fraction of sp³-hybridized carbons (Fsp3) is 0.364. The Kier molecular flexibility index (Phi) is 7.56. The quantitative estimate of drug-likeness (QED) is 0.388. The second-order valence-electron chi connectivity index (χ2n) is 6.10. The third-order valence-corrected chi connectivity index (χ3v) is 6.85. The Morgan fingerprint density at radius 2 is 1.91 bits per heavy atom. The molecule has 1 atom stereocenters. The Morgan fingerprint density at radius 3 is 2.61 bits per heavy atom. The van der Waals surface area contributed by atoms with Crippen LogP contribution in [0.25, 0.3) is 0 Å². The van der Waals surface area contributed by atoms with Gasteiger partial charge in [0.2, 0.25) is 0 Å². The molecule has 0 N–H and O–H groups in total. The SMILES string of the molecule is C/C=C(\C=C/CCC)P(C1=CC=C(C)CCC1)c1ccccc1. The summed E-state index contributed by atoms with van der Waals surface area (Å²) in [6, 6.07) is 11.1. The zero-order valence-corrected chi connectivity index (χ0v) is 15.7. The predicted octanol–water partition coefficient (Wildman–Crippen LogP) is 7.07. The van der Waals surface area contributed by atoms with Crippen LogP contribution in [0, 0.1) is 0 Å². The van der Waals surface area contributed by atoms with Gasteiger partial charge in [0.05, 0.1) is 0 Å². The minimum Gasteiger partial charge on any atom is -0.0839 e. The van der Waals surface area contributed by atoms with E-state index in [1.807, 2.05) is 0 Å². The first kappa shape index (κ1) is 18.0. The molecule has 0 bridgehead atoms. The molecule has 0 saturated heterocycles. The Morgan fingerprint density at radius 1 is 1.13 bits per heavy atom. The van der Waals surface area contributed by atoms with Crippen molar-refractivity contribution in [1.29, 1.82) is 0 Å². The van der Waals surface area contributed by atoms with E-state index in [9.17, 15) is 0 Å². The lowest BCUT2D eigenvalue weighted by molar-refractivity contribution is 0.834. The molecule has 0 heterocycles. The smallest absolute Gasteiger partial charge is 0.0154 e. The maximum atomic E-state index is 2.40. The topological polar surface area (TPSA) is 0 Å². The Hall–Kier alpha value is -1.39. The van der Waals surface area contributed by atoms with Crippen LogP contribution in [-0.4, -0.2) is 0 Å². The number of hydrogen-bond acceptors (Lipinski definition) is 0. The number of hydrogen-bond donors (Lipinski definition) is 0. The summed E-state index contributed by atoms with van der Waals surface area (Å²) < 4.78 is 0. The summed E-state index contributed by atoms with van der Waals surface area (Å²) in [5.41, 5.74) is 1.51. The summed E-state index contributed by atoms with van der Waals surface area (Å²) in [5.74, 6) is 0. The highest BCUT2D eigenvalue weighted by Crippen LogP contribution is 2.54. The van der Waals surface area contributed by atoms with E-state index in [2.05, 4.69) is 81.5 Å². The monoisotopic (exact) mass is 324 g/mol. The minimum atomic E-state index is -0.399. The zero-order chi connectivity index (χ0) is 16.5. The fourth-order valence-corrected chi connectivity index (χ4v) is 5.42. The first-order chi connectivity index (χ1) is 11.3. The van der Waals surface area contributed by atoms with Crippen molar-refractivity contribution in [1.82, 2.24) is 0 Å². The lowest BCUT2D eigenvalue weighted by atomic mass is 10.1. The first-order valence-electron chi connectivity index (χ1n) is 8.80. The standard InChI is InChI=1S/C22H29P/c1-4-6-8-13-20(5-2)23(21-14-9-7-10-15-21)22-16-11-12-19(3)17-18-22/h5,7-10,13-15,17-18H,4,6,11-12,16H2,1-3H3/b13-8-,20-5+. The van der Waals surface area contributed by atoms with Crippen molar-refractivity contribution < 1.29 is 0 Å². The van der Waals surface area contributed by atoms with Crippen LogP contribution in [0.5, 0.6) is 0 Å². The maximum absolute atomic E-state index is 2.40. The van der Waals surface area contributed by atoms with E-state index < -0.39 is 7.92 Å². The summed E-state index contributed by atoms with van der Waals surface area (Å²) in [6.45, 7) is 6.67. The molecule has 0 aromatic heterocycles. The van der Waals surface area contributed by atoms with Crippen LogP contribution in [0.3, 0.4) is 0 Å². The highest BCUT2D eigenvalue weighted by atomic mass is 31.1. The molecule has 0 aliphatic heterocycles. The van der Waals surface area contributed by atoms with Crippen molar-refractivity contribution in [2.45, 2.75) is 52.9 Å². The van der Waals surface area contributed by atoms with Crippen LogP contribution in [-0.2, 0) is 0 Å². The molecule has 1 aliphatic rings. The molecule has 2 rings (SSSR count). The predicted molar refractivity (Wildman–Crippen MR) is 106 cm³/mol. The summed E-state index contributed by atoms with van der Waals surface area (Å²) in [7, 11) is -0.399. The summed E-state index contributed by atoms with van der Waals surface area (Å²) in [5, 5.41) is 4.56. The van der Waals surface area contributed by atoms with Crippen molar-refractivity contribution in [2.24, 2.45) is 0 Å². The molecule has 0 amide bonds. The van der Waals surface area contributed by atoms with Crippen molar-refractivity contribution in [2.75, 3.05) is 0 Å².